The van der Waals surface area contributed by atoms with Crippen LogP contribution in [0.3, 0.4) is 0 Å². The molecule has 3 N–H and O–H groups in total. The minimum Gasteiger partial charge on any atom is -0.381 e. The zero-order valence-corrected chi connectivity index (χ0v) is 12.8. The fraction of sp³-hybridized carbons (Fsp3) is 0.500. The highest BCUT2D eigenvalue weighted by molar-refractivity contribution is 5.83. The van der Waals surface area contributed by atoms with Gasteiger partial charge in [-0.2, -0.15) is 0 Å². The summed E-state index contributed by atoms with van der Waals surface area (Å²) in [5.74, 6) is 0.846. The van der Waals surface area contributed by atoms with Gasteiger partial charge in [0.2, 0.25) is 5.91 Å². The van der Waals surface area contributed by atoms with Crippen LogP contribution < -0.4 is 11.1 Å². The van der Waals surface area contributed by atoms with Crippen molar-refractivity contribution in [2.24, 2.45) is 18.2 Å². The number of aromatic nitrogens is 2. The van der Waals surface area contributed by atoms with Gasteiger partial charge in [0.25, 0.3) is 0 Å². The molecule has 1 saturated heterocycles. The highest BCUT2D eigenvalue weighted by Crippen LogP contribution is 2.29. The van der Waals surface area contributed by atoms with E-state index in [1.807, 2.05) is 35.9 Å². The maximum Gasteiger partial charge on any atom is 0.228 e. The Labute approximate surface area is 129 Å². The highest BCUT2D eigenvalue weighted by atomic mass is 16.5. The molecule has 6 nitrogen and oxygen atoms in total. The van der Waals surface area contributed by atoms with Gasteiger partial charge in [0.1, 0.15) is 5.82 Å². The molecular weight excluding hydrogens is 280 g/mol. The molecule has 0 spiro atoms. The second-order valence-corrected chi connectivity index (χ2v) is 5.86. The maximum atomic E-state index is 12.6. The smallest absolute Gasteiger partial charge is 0.228 e. The van der Waals surface area contributed by atoms with Crippen molar-refractivity contribution in [1.29, 1.82) is 0 Å². The highest BCUT2D eigenvalue weighted by Gasteiger charge is 2.38. The molecule has 6 heteroatoms. The van der Waals surface area contributed by atoms with Crippen molar-refractivity contribution < 1.29 is 9.53 Å². The average Bonchev–Trinajstić information content (AvgIpc) is 2.90. The van der Waals surface area contributed by atoms with Crippen molar-refractivity contribution >= 4 is 16.9 Å². The maximum absolute atomic E-state index is 12.6. The summed E-state index contributed by atoms with van der Waals surface area (Å²) in [6.45, 7) is 1.95. The quantitative estimate of drug-likeness (QED) is 0.881. The van der Waals surface area contributed by atoms with Gasteiger partial charge in [-0.25, -0.2) is 4.98 Å². The van der Waals surface area contributed by atoms with Gasteiger partial charge in [-0.3, -0.25) is 4.79 Å². The van der Waals surface area contributed by atoms with Gasteiger partial charge in [0, 0.05) is 26.8 Å². The molecule has 3 rings (SSSR count). The largest absolute Gasteiger partial charge is 0.381 e. The van der Waals surface area contributed by atoms with Crippen LogP contribution in [0.4, 0.5) is 0 Å². The first kappa shape index (κ1) is 15.0. The number of carbonyl (C=O) groups is 1. The number of carbonyl (C=O) groups excluding carboxylic acids is 1. The predicted molar refractivity (Wildman–Crippen MR) is 84.1 cm³/mol. The molecule has 1 fully saturated rings. The molecule has 22 heavy (non-hydrogen) atoms. The van der Waals surface area contributed by atoms with Crippen molar-refractivity contribution in [3.63, 3.8) is 0 Å². The summed E-state index contributed by atoms with van der Waals surface area (Å²) in [6.07, 6.45) is 1.36. The molecule has 1 aromatic heterocycles. The number of fused-ring (bicyclic) bond motifs is 1. The predicted octanol–water partition coefficient (Wildman–Crippen LogP) is 0.945. The summed E-state index contributed by atoms with van der Waals surface area (Å²) in [5.41, 5.74) is 7.37. The number of ether oxygens (including phenoxy) is 1. The lowest BCUT2D eigenvalue weighted by Crippen LogP contribution is -2.49. The van der Waals surface area contributed by atoms with E-state index < -0.39 is 5.41 Å². The van der Waals surface area contributed by atoms with E-state index in [9.17, 15) is 4.79 Å². The van der Waals surface area contributed by atoms with E-state index in [1.54, 1.807) is 0 Å². The summed E-state index contributed by atoms with van der Waals surface area (Å²) < 4.78 is 7.36. The zero-order chi connectivity index (χ0) is 15.6. The Hall–Kier alpha value is -1.92. The average molecular weight is 302 g/mol. The fourth-order valence-electron chi connectivity index (χ4n) is 2.99. The number of benzene rings is 1. The summed E-state index contributed by atoms with van der Waals surface area (Å²) in [4.78, 5) is 17.1. The van der Waals surface area contributed by atoms with Crippen molar-refractivity contribution in [2.75, 3.05) is 19.8 Å². The molecule has 1 aromatic carbocycles. The van der Waals surface area contributed by atoms with Gasteiger partial charge in [0.05, 0.1) is 23.0 Å². The van der Waals surface area contributed by atoms with E-state index >= 15 is 0 Å². The van der Waals surface area contributed by atoms with Gasteiger partial charge in [-0.15, -0.1) is 0 Å². The van der Waals surface area contributed by atoms with Crippen molar-refractivity contribution in [3.05, 3.63) is 30.1 Å². The number of nitrogens with zero attached hydrogens (tertiary/aromatic N) is 2. The molecule has 0 atom stereocenters. The Bertz CT molecular complexity index is 674. The lowest BCUT2D eigenvalue weighted by atomic mass is 9.79. The second-order valence-electron chi connectivity index (χ2n) is 5.86. The van der Waals surface area contributed by atoms with Crippen LogP contribution >= 0.6 is 0 Å². The number of nitrogens with one attached hydrogen (secondary N) is 1. The number of hydrogen-bond acceptors (Lipinski definition) is 4. The van der Waals surface area contributed by atoms with E-state index in [4.69, 9.17) is 10.5 Å². The van der Waals surface area contributed by atoms with Gasteiger partial charge < -0.3 is 20.4 Å². The number of amides is 1. The monoisotopic (exact) mass is 302 g/mol. The minimum absolute atomic E-state index is 0.00496. The third kappa shape index (κ3) is 2.60. The molecule has 2 heterocycles. The van der Waals surface area contributed by atoms with Crippen molar-refractivity contribution in [3.8, 4) is 0 Å². The molecule has 118 valence electrons. The molecule has 0 saturated carbocycles. The molecular formula is C16H22N4O2. The molecule has 1 aliphatic rings. The van der Waals surface area contributed by atoms with E-state index in [0.717, 1.165) is 16.9 Å². The number of hydrogen-bond donors (Lipinski definition) is 2. The Morgan fingerprint density at radius 2 is 2.14 bits per heavy atom. The van der Waals surface area contributed by atoms with Crippen LogP contribution in [-0.2, 0) is 23.1 Å². The molecule has 0 aliphatic carbocycles. The molecule has 0 radical (unpaired) electrons. The summed E-state index contributed by atoms with van der Waals surface area (Å²) >= 11 is 0. The zero-order valence-electron chi connectivity index (χ0n) is 12.8. The van der Waals surface area contributed by atoms with E-state index in [0.29, 0.717) is 39.1 Å². The summed E-state index contributed by atoms with van der Waals surface area (Å²) in [6, 6.07) is 7.94. The van der Waals surface area contributed by atoms with Crippen LogP contribution in [0.5, 0.6) is 0 Å². The van der Waals surface area contributed by atoms with E-state index in [2.05, 4.69) is 10.3 Å². The number of imidazole rings is 1. The number of para-hydroxylation sites is 2. The van der Waals surface area contributed by atoms with Gasteiger partial charge in [0.15, 0.2) is 0 Å². The lowest BCUT2D eigenvalue weighted by Gasteiger charge is -2.34. The van der Waals surface area contributed by atoms with Crippen molar-refractivity contribution in [2.45, 2.75) is 19.4 Å². The first-order valence-electron chi connectivity index (χ1n) is 7.63. The Kier molecular flexibility index (Phi) is 4.13. The second kappa shape index (κ2) is 6.06. The van der Waals surface area contributed by atoms with Crippen LogP contribution in [0.25, 0.3) is 11.0 Å². The van der Waals surface area contributed by atoms with Crippen LogP contribution in [0.15, 0.2) is 24.3 Å². The van der Waals surface area contributed by atoms with Crippen LogP contribution in [0.2, 0.25) is 0 Å². The Balaban J connectivity index is 1.73. The fourth-order valence-corrected chi connectivity index (χ4v) is 2.99. The third-order valence-electron chi connectivity index (χ3n) is 4.61. The molecule has 1 amide bonds. The lowest BCUT2D eigenvalue weighted by molar-refractivity contribution is -0.136. The molecule has 0 unspecified atom stereocenters. The standard InChI is InChI=1S/C16H22N4O2/c1-20-13-5-3-2-4-12(13)19-14(20)10-18-15(21)16(11-17)6-8-22-9-7-16/h2-5H,6-11,17H2,1H3,(H,18,21). The molecule has 2 aromatic rings. The summed E-state index contributed by atoms with van der Waals surface area (Å²) in [7, 11) is 1.96. The van der Waals surface area contributed by atoms with Crippen LogP contribution in [0.1, 0.15) is 18.7 Å². The van der Waals surface area contributed by atoms with Gasteiger partial charge in [-0.05, 0) is 25.0 Å². The minimum atomic E-state index is -0.497. The van der Waals surface area contributed by atoms with Gasteiger partial charge in [-0.1, -0.05) is 12.1 Å². The number of aryl methyl sites for hydroxylation is 1. The first-order chi connectivity index (χ1) is 10.7. The van der Waals surface area contributed by atoms with Crippen LogP contribution in [-0.4, -0.2) is 35.2 Å². The Morgan fingerprint density at radius 3 is 2.82 bits per heavy atom. The van der Waals surface area contributed by atoms with E-state index in [-0.39, 0.29) is 5.91 Å². The Morgan fingerprint density at radius 1 is 1.41 bits per heavy atom. The van der Waals surface area contributed by atoms with Crippen LogP contribution in [0, 0.1) is 5.41 Å². The third-order valence-corrected chi connectivity index (χ3v) is 4.61. The topological polar surface area (TPSA) is 82.2 Å². The van der Waals surface area contributed by atoms with Crippen molar-refractivity contribution in [1.82, 2.24) is 14.9 Å². The number of nitrogens with two attached hydrogens (primary N) is 1. The number of rotatable bonds is 4. The van der Waals surface area contributed by atoms with E-state index in [1.165, 1.54) is 0 Å². The molecule has 0 bridgehead atoms. The first-order valence-corrected chi connectivity index (χ1v) is 7.63. The SMILES string of the molecule is Cn1c(CNC(=O)C2(CN)CCOCC2)nc2ccccc21. The molecule has 1 aliphatic heterocycles. The summed E-state index contributed by atoms with van der Waals surface area (Å²) in [5, 5.41) is 3.00. The van der Waals surface area contributed by atoms with Gasteiger partial charge >= 0.3 is 0 Å². The normalized spacial score (nSPS) is 17.5.